The van der Waals surface area contributed by atoms with Crippen molar-refractivity contribution < 1.29 is 9.47 Å². The molecule has 0 atom stereocenters. The van der Waals surface area contributed by atoms with Crippen molar-refractivity contribution in [2.24, 2.45) is 0 Å². The van der Waals surface area contributed by atoms with Gasteiger partial charge in [-0.1, -0.05) is 32.4 Å². The van der Waals surface area contributed by atoms with Crippen molar-refractivity contribution in [2.75, 3.05) is 14.2 Å². The number of ether oxygens (including phenoxy) is 2. The van der Waals surface area contributed by atoms with Gasteiger partial charge >= 0.3 is 0 Å². The Morgan fingerprint density at radius 3 is 2.30 bits per heavy atom. The van der Waals surface area contributed by atoms with E-state index >= 15 is 0 Å². The standard InChI is InChI=1S/C15H18ClNO3/c1-15(2,3)11-7-9(18)12-13(17-11)10(19-4)6-8(16)14(12)20-5/h6-7H,1-5H3,(H,17,18). The molecule has 1 N–H and O–H groups in total. The lowest BCUT2D eigenvalue weighted by molar-refractivity contribution is 0.409. The van der Waals surface area contributed by atoms with Crippen LogP contribution in [0, 0.1) is 0 Å². The molecule has 0 aliphatic heterocycles. The van der Waals surface area contributed by atoms with Crippen molar-refractivity contribution >= 4 is 22.5 Å². The number of H-pyrrole nitrogens is 1. The van der Waals surface area contributed by atoms with Crippen LogP contribution in [0.1, 0.15) is 26.5 Å². The quantitative estimate of drug-likeness (QED) is 0.922. The Morgan fingerprint density at radius 1 is 1.15 bits per heavy atom. The molecule has 0 saturated carbocycles. The third-order valence-corrected chi connectivity index (χ3v) is 3.49. The maximum Gasteiger partial charge on any atom is 0.193 e. The van der Waals surface area contributed by atoms with E-state index in [1.807, 2.05) is 20.8 Å². The van der Waals surface area contributed by atoms with Gasteiger partial charge in [-0.3, -0.25) is 4.79 Å². The number of aromatic amines is 1. The summed E-state index contributed by atoms with van der Waals surface area (Å²) in [5.41, 5.74) is 1.12. The van der Waals surface area contributed by atoms with Gasteiger partial charge in [0.05, 0.1) is 30.1 Å². The van der Waals surface area contributed by atoms with E-state index in [0.29, 0.717) is 27.4 Å². The van der Waals surface area contributed by atoms with Gasteiger partial charge in [-0.05, 0) is 0 Å². The Bertz CT molecular complexity index is 714. The number of nitrogens with one attached hydrogen (secondary N) is 1. The van der Waals surface area contributed by atoms with E-state index in [1.54, 1.807) is 19.2 Å². The fourth-order valence-corrected chi connectivity index (χ4v) is 2.38. The molecule has 0 radical (unpaired) electrons. The smallest absolute Gasteiger partial charge is 0.193 e. The first-order valence-corrected chi connectivity index (χ1v) is 6.65. The lowest BCUT2D eigenvalue weighted by Crippen LogP contribution is -2.18. The van der Waals surface area contributed by atoms with E-state index in [-0.39, 0.29) is 10.8 Å². The Balaban J connectivity index is 2.96. The first-order chi connectivity index (χ1) is 9.29. The van der Waals surface area contributed by atoms with Gasteiger partial charge in [0.15, 0.2) is 11.2 Å². The van der Waals surface area contributed by atoms with Crippen LogP contribution < -0.4 is 14.9 Å². The first-order valence-electron chi connectivity index (χ1n) is 6.27. The molecule has 1 aromatic heterocycles. The van der Waals surface area contributed by atoms with E-state index in [4.69, 9.17) is 21.1 Å². The van der Waals surface area contributed by atoms with Crippen molar-refractivity contribution in [3.8, 4) is 11.5 Å². The molecule has 0 spiro atoms. The highest BCUT2D eigenvalue weighted by molar-refractivity contribution is 6.33. The highest BCUT2D eigenvalue weighted by Gasteiger charge is 2.21. The van der Waals surface area contributed by atoms with E-state index in [9.17, 15) is 4.79 Å². The maximum atomic E-state index is 12.4. The fourth-order valence-electron chi connectivity index (χ4n) is 2.11. The predicted molar refractivity (Wildman–Crippen MR) is 81.4 cm³/mol. The minimum Gasteiger partial charge on any atom is -0.494 e. The second kappa shape index (κ2) is 5.02. The molecule has 2 rings (SSSR count). The monoisotopic (exact) mass is 295 g/mol. The largest absolute Gasteiger partial charge is 0.494 e. The number of methoxy groups -OCH3 is 2. The topological polar surface area (TPSA) is 51.3 Å². The highest BCUT2D eigenvalue weighted by atomic mass is 35.5. The molecule has 5 heteroatoms. The van der Waals surface area contributed by atoms with Crippen LogP contribution in [-0.2, 0) is 5.41 Å². The van der Waals surface area contributed by atoms with E-state index in [2.05, 4.69) is 4.98 Å². The fraction of sp³-hybridized carbons (Fsp3) is 0.400. The second-order valence-corrected chi connectivity index (χ2v) is 6.05. The van der Waals surface area contributed by atoms with Crippen LogP contribution in [0.2, 0.25) is 5.02 Å². The average molecular weight is 296 g/mol. The number of pyridine rings is 1. The molecule has 0 aliphatic carbocycles. The van der Waals surface area contributed by atoms with Crippen LogP contribution in [0.5, 0.6) is 11.5 Å². The summed E-state index contributed by atoms with van der Waals surface area (Å²) in [5, 5.41) is 0.760. The molecule has 2 aromatic rings. The number of fused-ring (bicyclic) bond motifs is 1. The van der Waals surface area contributed by atoms with Gasteiger partial charge in [0.25, 0.3) is 0 Å². The molecular weight excluding hydrogens is 278 g/mol. The van der Waals surface area contributed by atoms with Gasteiger partial charge < -0.3 is 14.5 Å². The van der Waals surface area contributed by atoms with Crippen LogP contribution in [0.15, 0.2) is 16.9 Å². The summed E-state index contributed by atoms with van der Waals surface area (Å²) in [5.74, 6) is 0.887. The average Bonchev–Trinajstić information content (AvgIpc) is 2.37. The molecule has 1 heterocycles. The number of halogens is 1. The molecule has 0 saturated heterocycles. The third kappa shape index (κ3) is 2.36. The Hall–Kier alpha value is -1.68. The van der Waals surface area contributed by atoms with E-state index < -0.39 is 0 Å². The number of hydrogen-bond acceptors (Lipinski definition) is 3. The normalized spacial score (nSPS) is 11.7. The Labute approximate surface area is 122 Å². The molecular formula is C15H18ClNO3. The van der Waals surface area contributed by atoms with E-state index in [0.717, 1.165) is 5.69 Å². The van der Waals surface area contributed by atoms with Crippen LogP contribution in [0.4, 0.5) is 0 Å². The van der Waals surface area contributed by atoms with Gasteiger partial charge in [-0.25, -0.2) is 0 Å². The Kier molecular flexibility index (Phi) is 3.69. The summed E-state index contributed by atoms with van der Waals surface area (Å²) in [7, 11) is 3.03. The maximum absolute atomic E-state index is 12.4. The second-order valence-electron chi connectivity index (χ2n) is 5.64. The number of hydrogen-bond donors (Lipinski definition) is 1. The molecule has 20 heavy (non-hydrogen) atoms. The third-order valence-electron chi connectivity index (χ3n) is 3.21. The molecule has 4 nitrogen and oxygen atoms in total. The van der Waals surface area contributed by atoms with Crippen LogP contribution >= 0.6 is 11.6 Å². The minimum absolute atomic E-state index is 0.138. The molecule has 108 valence electrons. The minimum atomic E-state index is -0.175. The number of aromatic nitrogens is 1. The predicted octanol–water partition coefficient (Wildman–Crippen LogP) is 3.50. The SMILES string of the molecule is COc1cc(Cl)c(OC)c2c(=O)cc(C(C)(C)C)[nH]c12. The van der Waals surface area contributed by atoms with Crippen molar-refractivity contribution in [1.82, 2.24) is 4.98 Å². The zero-order valence-electron chi connectivity index (χ0n) is 12.3. The summed E-state index contributed by atoms with van der Waals surface area (Å²) < 4.78 is 10.6. The van der Waals surface area contributed by atoms with Crippen molar-refractivity contribution in [3.63, 3.8) is 0 Å². The Morgan fingerprint density at radius 2 is 1.80 bits per heavy atom. The molecule has 0 bridgehead atoms. The summed E-state index contributed by atoms with van der Waals surface area (Å²) in [6, 6.07) is 3.23. The summed E-state index contributed by atoms with van der Waals surface area (Å²) in [6.45, 7) is 6.09. The van der Waals surface area contributed by atoms with Gasteiger partial charge in [-0.2, -0.15) is 0 Å². The van der Waals surface area contributed by atoms with Gasteiger partial charge in [0.1, 0.15) is 5.75 Å². The lowest BCUT2D eigenvalue weighted by Gasteiger charge is -2.20. The first kappa shape index (κ1) is 14.7. The van der Waals surface area contributed by atoms with Crippen molar-refractivity contribution in [1.29, 1.82) is 0 Å². The summed E-state index contributed by atoms with van der Waals surface area (Å²) in [4.78, 5) is 15.7. The zero-order valence-corrected chi connectivity index (χ0v) is 13.0. The molecule has 1 aromatic carbocycles. The van der Waals surface area contributed by atoms with Crippen LogP contribution in [0.3, 0.4) is 0 Å². The lowest BCUT2D eigenvalue weighted by atomic mass is 9.91. The van der Waals surface area contributed by atoms with Crippen molar-refractivity contribution in [2.45, 2.75) is 26.2 Å². The summed E-state index contributed by atoms with van der Waals surface area (Å²) >= 11 is 6.13. The molecule has 0 amide bonds. The zero-order chi connectivity index (χ0) is 15.1. The van der Waals surface area contributed by atoms with Gasteiger partial charge in [0, 0.05) is 23.2 Å². The highest BCUT2D eigenvalue weighted by Crippen LogP contribution is 2.37. The molecule has 0 unspecified atom stereocenters. The van der Waals surface area contributed by atoms with Crippen LogP contribution in [-0.4, -0.2) is 19.2 Å². The van der Waals surface area contributed by atoms with Crippen LogP contribution in [0.25, 0.3) is 10.9 Å². The number of benzene rings is 1. The number of rotatable bonds is 2. The molecule has 0 fully saturated rings. The van der Waals surface area contributed by atoms with Gasteiger partial charge in [-0.15, -0.1) is 0 Å². The molecule has 0 aliphatic rings. The van der Waals surface area contributed by atoms with E-state index in [1.165, 1.54) is 7.11 Å². The van der Waals surface area contributed by atoms with Crippen molar-refractivity contribution in [3.05, 3.63) is 33.1 Å². The summed E-state index contributed by atoms with van der Waals surface area (Å²) in [6.07, 6.45) is 0. The van der Waals surface area contributed by atoms with Gasteiger partial charge in [0.2, 0.25) is 0 Å².